The number of hydrogen-bond donors (Lipinski definition) is 0. The van der Waals surface area contributed by atoms with Crippen LogP contribution in [0, 0.1) is 0 Å². The third kappa shape index (κ3) is 5.68. The van der Waals surface area contributed by atoms with Gasteiger partial charge in [-0.2, -0.15) is 0 Å². The first-order chi connectivity index (χ1) is 27.7. The number of benzene rings is 8. The lowest BCUT2D eigenvalue weighted by Crippen LogP contribution is -2.01. The summed E-state index contributed by atoms with van der Waals surface area (Å²) in [7, 11) is 0. The van der Waals surface area contributed by atoms with Crippen molar-refractivity contribution in [2.75, 3.05) is 0 Å². The van der Waals surface area contributed by atoms with E-state index >= 15 is 0 Å². The Morgan fingerprint density at radius 2 is 0.804 bits per heavy atom. The Bertz CT molecular complexity index is 3250. The van der Waals surface area contributed by atoms with Crippen LogP contribution in [0.1, 0.15) is 0 Å². The highest BCUT2D eigenvalue weighted by Gasteiger charge is 2.20. The molecule has 0 saturated carbocycles. The molecule has 56 heavy (non-hydrogen) atoms. The van der Waals surface area contributed by atoms with Crippen molar-refractivity contribution in [3.63, 3.8) is 0 Å². The predicted octanol–water partition coefficient (Wildman–Crippen LogP) is 14.6. The second kappa shape index (κ2) is 13.5. The molecule has 0 spiro atoms. The van der Waals surface area contributed by atoms with Crippen molar-refractivity contribution in [3.05, 3.63) is 188 Å². The average Bonchev–Trinajstić information content (AvgIpc) is 3.85. The molecule has 0 fully saturated rings. The maximum atomic E-state index is 5.35. The van der Waals surface area contributed by atoms with Gasteiger partial charge in [-0.05, 0) is 69.8 Å². The largest absolute Gasteiger partial charge is 0.208 e. The van der Waals surface area contributed by atoms with Crippen LogP contribution in [0.25, 0.3) is 108 Å². The van der Waals surface area contributed by atoms with Crippen LogP contribution in [-0.4, -0.2) is 15.0 Å². The van der Waals surface area contributed by atoms with E-state index in [-0.39, 0.29) is 0 Å². The van der Waals surface area contributed by atoms with Crippen LogP contribution in [0.4, 0.5) is 0 Å². The van der Waals surface area contributed by atoms with Gasteiger partial charge in [0.05, 0.1) is 0 Å². The first kappa shape index (κ1) is 32.6. The van der Waals surface area contributed by atoms with E-state index in [2.05, 4.69) is 164 Å². The third-order valence-electron chi connectivity index (χ3n) is 10.6. The Hall–Kier alpha value is -6.79. The molecule has 0 bridgehead atoms. The van der Waals surface area contributed by atoms with Gasteiger partial charge in [-0.15, -0.1) is 22.7 Å². The summed E-state index contributed by atoms with van der Waals surface area (Å²) in [5.74, 6) is 1.90. The van der Waals surface area contributed by atoms with E-state index in [1.54, 1.807) is 0 Å². The van der Waals surface area contributed by atoms with Gasteiger partial charge in [0.1, 0.15) is 0 Å². The Morgan fingerprint density at radius 1 is 0.268 bits per heavy atom. The second-order valence-electron chi connectivity index (χ2n) is 14.0. The minimum Gasteiger partial charge on any atom is -0.208 e. The van der Waals surface area contributed by atoms with Gasteiger partial charge in [0, 0.05) is 57.0 Å². The van der Waals surface area contributed by atoms with E-state index < -0.39 is 0 Å². The van der Waals surface area contributed by atoms with Gasteiger partial charge in [0.15, 0.2) is 17.5 Å². The summed E-state index contributed by atoms with van der Waals surface area (Å²) in [5, 5.41) is 5.09. The molecule has 3 nitrogen and oxygen atoms in total. The van der Waals surface area contributed by atoms with Crippen molar-refractivity contribution in [1.29, 1.82) is 0 Å². The number of nitrogens with zero attached hydrogens (tertiary/aromatic N) is 3. The van der Waals surface area contributed by atoms with Crippen molar-refractivity contribution in [3.8, 4) is 67.5 Å². The van der Waals surface area contributed by atoms with E-state index in [4.69, 9.17) is 15.0 Å². The summed E-state index contributed by atoms with van der Waals surface area (Å²) in [6.07, 6.45) is 0. The zero-order valence-electron chi connectivity index (χ0n) is 30.1. The first-order valence-electron chi connectivity index (χ1n) is 18.7. The highest BCUT2D eigenvalue weighted by atomic mass is 32.1. The molecule has 0 saturated heterocycles. The van der Waals surface area contributed by atoms with Crippen molar-refractivity contribution < 1.29 is 0 Å². The second-order valence-corrected chi connectivity index (χ2v) is 16.1. The van der Waals surface area contributed by atoms with Crippen LogP contribution in [0.15, 0.2) is 188 Å². The number of thiophene rings is 2. The average molecular weight is 750 g/mol. The Balaban J connectivity index is 1.17. The summed E-state index contributed by atoms with van der Waals surface area (Å²) in [6.45, 7) is 0. The Kier molecular flexibility index (Phi) is 7.87. The number of hydrogen-bond acceptors (Lipinski definition) is 5. The SMILES string of the molecule is c1ccc(-c2cccc(-c3nc(-c4ccccc4)nc(-c4cc(-c5ccc6c(c5)sc5ccccc56)ccc4-c4cccc5sc6ccccc6c45)n3)c2)cc1. The van der Waals surface area contributed by atoms with Gasteiger partial charge in [-0.25, -0.2) is 15.0 Å². The molecule has 0 aliphatic rings. The fraction of sp³-hybridized carbons (Fsp3) is 0. The molecule has 3 heterocycles. The highest BCUT2D eigenvalue weighted by molar-refractivity contribution is 7.26. The fourth-order valence-corrected chi connectivity index (χ4v) is 10.1. The van der Waals surface area contributed by atoms with Crippen molar-refractivity contribution in [2.45, 2.75) is 0 Å². The normalized spacial score (nSPS) is 11.6. The van der Waals surface area contributed by atoms with Gasteiger partial charge >= 0.3 is 0 Å². The third-order valence-corrected chi connectivity index (χ3v) is 12.8. The molecule has 0 amide bonds. The van der Waals surface area contributed by atoms with E-state index in [1.165, 1.54) is 40.3 Å². The van der Waals surface area contributed by atoms with Gasteiger partial charge in [0.25, 0.3) is 0 Å². The van der Waals surface area contributed by atoms with Gasteiger partial charge in [-0.3, -0.25) is 0 Å². The van der Waals surface area contributed by atoms with Crippen LogP contribution in [0.5, 0.6) is 0 Å². The zero-order valence-corrected chi connectivity index (χ0v) is 31.7. The summed E-state index contributed by atoms with van der Waals surface area (Å²) in [4.78, 5) is 15.8. The van der Waals surface area contributed by atoms with Crippen molar-refractivity contribution in [2.24, 2.45) is 0 Å². The molecular weight excluding hydrogens is 719 g/mol. The van der Waals surface area contributed by atoms with Crippen LogP contribution in [0.2, 0.25) is 0 Å². The standard InChI is InChI=1S/C51H31N3S2/c1-3-13-32(14-4-1)34-17-11-18-37(29-34)50-52-49(33-15-5-2-6-16-33)53-51(54-50)43-30-35(36-26-28-40-39-19-7-9-22-44(39)56-47(40)31-36)25-27-38(43)41-21-12-24-46-48(41)42-20-8-10-23-45(42)55-46/h1-31H. The molecule has 262 valence electrons. The summed E-state index contributed by atoms with van der Waals surface area (Å²) >= 11 is 3.68. The summed E-state index contributed by atoms with van der Waals surface area (Å²) < 4.78 is 5.11. The molecule has 5 heteroatoms. The minimum atomic E-state index is 0.633. The molecule has 0 unspecified atom stereocenters. The van der Waals surface area contributed by atoms with E-state index in [1.807, 2.05) is 46.9 Å². The molecule has 11 aromatic rings. The molecule has 11 rings (SSSR count). The Labute approximate surface area is 331 Å². The predicted molar refractivity (Wildman–Crippen MR) is 238 cm³/mol. The van der Waals surface area contributed by atoms with Crippen LogP contribution in [-0.2, 0) is 0 Å². The maximum absolute atomic E-state index is 5.35. The van der Waals surface area contributed by atoms with Crippen LogP contribution in [0.3, 0.4) is 0 Å². The van der Waals surface area contributed by atoms with Crippen molar-refractivity contribution in [1.82, 2.24) is 15.0 Å². The van der Waals surface area contributed by atoms with E-state index in [9.17, 15) is 0 Å². The molecule has 8 aromatic carbocycles. The Morgan fingerprint density at radius 3 is 1.62 bits per heavy atom. The molecule has 0 atom stereocenters. The van der Waals surface area contributed by atoms with E-state index in [0.717, 1.165) is 50.1 Å². The molecule has 0 radical (unpaired) electrons. The summed E-state index contributed by atoms with van der Waals surface area (Å²) in [6, 6.07) is 66.8. The topological polar surface area (TPSA) is 38.7 Å². The molecule has 3 aromatic heterocycles. The van der Waals surface area contributed by atoms with Gasteiger partial charge < -0.3 is 0 Å². The minimum absolute atomic E-state index is 0.633. The number of rotatable bonds is 6. The van der Waals surface area contributed by atoms with Gasteiger partial charge in [0.2, 0.25) is 0 Å². The van der Waals surface area contributed by atoms with Crippen LogP contribution >= 0.6 is 22.7 Å². The van der Waals surface area contributed by atoms with Crippen molar-refractivity contribution >= 4 is 63.0 Å². The molecular formula is C51H31N3S2. The van der Waals surface area contributed by atoms with Crippen LogP contribution < -0.4 is 0 Å². The number of fused-ring (bicyclic) bond motifs is 6. The smallest absolute Gasteiger partial charge is 0.164 e. The monoisotopic (exact) mass is 749 g/mol. The highest BCUT2D eigenvalue weighted by Crippen LogP contribution is 2.44. The lowest BCUT2D eigenvalue weighted by molar-refractivity contribution is 1.07. The van der Waals surface area contributed by atoms with Gasteiger partial charge in [-0.1, -0.05) is 152 Å². The summed E-state index contributed by atoms with van der Waals surface area (Å²) in [5.41, 5.74) is 9.61. The first-order valence-corrected chi connectivity index (χ1v) is 20.3. The fourth-order valence-electron chi connectivity index (χ4n) is 7.86. The lowest BCUT2D eigenvalue weighted by Gasteiger charge is -2.15. The molecule has 0 aliphatic heterocycles. The lowest BCUT2D eigenvalue weighted by atomic mass is 9.91. The quantitative estimate of drug-likeness (QED) is 0.170. The number of aromatic nitrogens is 3. The molecule has 0 aliphatic carbocycles. The zero-order chi connectivity index (χ0) is 37.0. The van der Waals surface area contributed by atoms with E-state index in [0.29, 0.717) is 17.5 Å². The maximum Gasteiger partial charge on any atom is 0.164 e. The molecule has 0 N–H and O–H groups in total.